The molecule has 33 heavy (non-hydrogen) atoms. The fourth-order valence-corrected chi connectivity index (χ4v) is 3.67. The Hall–Kier alpha value is -3.60. The van der Waals surface area contributed by atoms with Crippen LogP contribution in [0.15, 0.2) is 58.3 Å². The number of hydrogen-bond acceptors (Lipinski definition) is 7. The van der Waals surface area contributed by atoms with Gasteiger partial charge in [0.25, 0.3) is 5.92 Å². The van der Waals surface area contributed by atoms with Crippen LogP contribution in [0.3, 0.4) is 0 Å². The van der Waals surface area contributed by atoms with Gasteiger partial charge in [-0.1, -0.05) is 6.07 Å². The number of pyridine rings is 2. The van der Waals surface area contributed by atoms with Gasteiger partial charge in [0.1, 0.15) is 17.8 Å². The summed E-state index contributed by atoms with van der Waals surface area (Å²) in [7, 11) is 0. The van der Waals surface area contributed by atoms with Gasteiger partial charge >= 0.3 is 0 Å². The second-order valence-electron chi connectivity index (χ2n) is 7.80. The summed E-state index contributed by atoms with van der Waals surface area (Å²) in [5.74, 6) is -3.21. The molecule has 3 aromatic rings. The number of amides is 1. The highest BCUT2D eigenvalue weighted by atomic mass is 19.3. The van der Waals surface area contributed by atoms with Gasteiger partial charge in [0.15, 0.2) is 6.61 Å². The first kappa shape index (κ1) is 22.6. The van der Waals surface area contributed by atoms with Crippen LogP contribution >= 0.6 is 0 Å². The minimum atomic E-state index is -2.94. The van der Waals surface area contributed by atoms with Crippen molar-refractivity contribution in [2.75, 3.05) is 18.4 Å². The third-order valence-electron chi connectivity index (χ3n) is 5.63. The Morgan fingerprint density at radius 3 is 2.88 bits per heavy atom. The van der Waals surface area contributed by atoms with Gasteiger partial charge < -0.3 is 19.5 Å². The zero-order valence-corrected chi connectivity index (χ0v) is 17.8. The molecule has 9 nitrogen and oxygen atoms in total. The van der Waals surface area contributed by atoms with Gasteiger partial charge in [-0.2, -0.15) is 0 Å². The number of nitrogens with one attached hydrogen (secondary N) is 2. The van der Waals surface area contributed by atoms with E-state index in [1.807, 2.05) is 0 Å². The third kappa shape index (κ3) is 5.43. The number of piperidine rings is 1. The van der Waals surface area contributed by atoms with Crippen molar-refractivity contribution in [1.29, 1.82) is 0 Å². The summed E-state index contributed by atoms with van der Waals surface area (Å²) in [5, 5.41) is 2.71. The van der Waals surface area contributed by atoms with Gasteiger partial charge in [-0.3, -0.25) is 14.5 Å². The summed E-state index contributed by atoms with van der Waals surface area (Å²) in [6.07, 6.45) is 5.34. The van der Waals surface area contributed by atoms with E-state index in [1.54, 1.807) is 24.0 Å². The van der Waals surface area contributed by atoms with Crippen molar-refractivity contribution in [2.24, 2.45) is 0 Å². The minimum absolute atomic E-state index is 0.0192. The number of anilines is 1. The third-order valence-corrected chi connectivity index (χ3v) is 5.63. The largest absolute Gasteiger partial charge is 0.482 e. The topological polar surface area (TPSA) is 113 Å². The summed E-state index contributed by atoms with van der Waals surface area (Å²) >= 11 is 0. The normalized spacial score (nSPS) is 19.1. The number of aromatic nitrogens is 3. The van der Waals surface area contributed by atoms with E-state index in [-0.39, 0.29) is 37.6 Å². The first-order valence-corrected chi connectivity index (χ1v) is 10.4. The molecule has 0 aliphatic carbocycles. The summed E-state index contributed by atoms with van der Waals surface area (Å²) in [6.45, 7) is 1.86. The summed E-state index contributed by atoms with van der Waals surface area (Å²) in [4.78, 5) is 36.3. The van der Waals surface area contributed by atoms with E-state index < -0.39 is 17.9 Å². The smallest absolute Gasteiger partial charge is 0.257 e. The van der Waals surface area contributed by atoms with Gasteiger partial charge in [0, 0.05) is 31.8 Å². The van der Waals surface area contributed by atoms with Crippen molar-refractivity contribution in [3.05, 3.63) is 70.9 Å². The average molecular weight is 459 g/mol. The molecule has 11 heteroatoms. The second kappa shape index (κ2) is 9.49. The van der Waals surface area contributed by atoms with Crippen LogP contribution in [0, 0.1) is 0 Å². The Bertz CT molecular complexity index is 1110. The van der Waals surface area contributed by atoms with Crippen LogP contribution in [0.2, 0.25) is 0 Å². The molecule has 1 fully saturated rings. The van der Waals surface area contributed by atoms with Crippen LogP contribution in [0.1, 0.15) is 30.7 Å². The minimum Gasteiger partial charge on any atom is -0.482 e. The molecule has 0 radical (unpaired) electrons. The summed E-state index contributed by atoms with van der Waals surface area (Å²) in [5.41, 5.74) is -0.0251. The molecule has 0 bridgehead atoms. The molecular weight excluding hydrogens is 436 g/mol. The molecule has 2 atom stereocenters. The number of hydrogen-bond donors (Lipinski definition) is 2. The lowest BCUT2D eigenvalue weighted by atomic mass is 9.87. The molecule has 1 amide bonds. The van der Waals surface area contributed by atoms with Crippen LogP contribution in [0.25, 0.3) is 0 Å². The number of halogens is 2. The van der Waals surface area contributed by atoms with Gasteiger partial charge in [-0.15, -0.1) is 0 Å². The van der Waals surface area contributed by atoms with Gasteiger partial charge in [0.05, 0.1) is 24.4 Å². The number of aromatic amines is 1. The number of nitrogens with zero attached hydrogens (tertiary/aromatic N) is 3. The molecule has 174 valence electrons. The van der Waals surface area contributed by atoms with E-state index in [0.717, 1.165) is 0 Å². The van der Waals surface area contributed by atoms with Crippen molar-refractivity contribution >= 4 is 11.7 Å². The maximum absolute atomic E-state index is 14.6. The van der Waals surface area contributed by atoms with Gasteiger partial charge in [-0.25, -0.2) is 18.7 Å². The number of carbonyl (C=O) groups is 1. The fourth-order valence-electron chi connectivity index (χ4n) is 3.67. The maximum Gasteiger partial charge on any atom is 0.257 e. The quantitative estimate of drug-likeness (QED) is 0.559. The molecule has 0 aromatic carbocycles. The molecule has 4 heterocycles. The fraction of sp³-hybridized carbons (Fsp3) is 0.364. The van der Waals surface area contributed by atoms with Crippen molar-refractivity contribution in [1.82, 2.24) is 19.9 Å². The zero-order chi connectivity index (χ0) is 23.4. The Kier molecular flexibility index (Phi) is 6.50. The SMILES string of the molecule is CC(C(=O)Nc1ccc(OCc2ncco2)cn1)N1CCC(F)(F)C(c2ccc(=O)[nH]c2)C1. The lowest BCUT2D eigenvalue weighted by Crippen LogP contribution is -2.52. The zero-order valence-electron chi connectivity index (χ0n) is 17.8. The van der Waals surface area contributed by atoms with Crippen molar-refractivity contribution < 1.29 is 22.7 Å². The number of carbonyl (C=O) groups excluding carboxylic acids is 1. The monoisotopic (exact) mass is 459 g/mol. The van der Waals surface area contributed by atoms with Crippen molar-refractivity contribution in [2.45, 2.75) is 37.8 Å². The standard InChI is InChI=1S/C22H23F2N5O4/c1-14(29-8-6-22(23,24)17(12-29)15-2-5-19(30)27-10-15)21(31)28-18-4-3-16(11-26-18)33-13-20-25-7-9-32-20/h2-5,7,9-11,14,17H,6,8,12-13H2,1H3,(H,27,30)(H,26,28,31). The molecule has 0 spiro atoms. The van der Waals surface area contributed by atoms with Crippen LogP contribution in [-0.2, 0) is 11.4 Å². The number of likely N-dealkylation sites (tertiary alicyclic amines) is 1. The maximum atomic E-state index is 14.6. The lowest BCUT2D eigenvalue weighted by molar-refractivity contribution is -0.125. The van der Waals surface area contributed by atoms with Crippen LogP contribution in [0.5, 0.6) is 5.75 Å². The highest BCUT2D eigenvalue weighted by Gasteiger charge is 2.46. The molecule has 3 aromatic heterocycles. The highest BCUT2D eigenvalue weighted by Crippen LogP contribution is 2.40. The highest BCUT2D eigenvalue weighted by molar-refractivity contribution is 5.93. The number of ether oxygens (including phenoxy) is 1. The van der Waals surface area contributed by atoms with E-state index >= 15 is 0 Å². The predicted molar refractivity (Wildman–Crippen MR) is 114 cm³/mol. The molecule has 2 unspecified atom stereocenters. The molecular formula is C22H23F2N5O4. The number of oxazole rings is 1. The van der Waals surface area contributed by atoms with E-state index in [9.17, 15) is 18.4 Å². The van der Waals surface area contributed by atoms with Crippen LogP contribution in [0.4, 0.5) is 14.6 Å². The first-order chi connectivity index (χ1) is 15.8. The van der Waals surface area contributed by atoms with Crippen molar-refractivity contribution in [3.63, 3.8) is 0 Å². The van der Waals surface area contributed by atoms with E-state index in [1.165, 1.54) is 37.0 Å². The Balaban J connectivity index is 1.36. The number of alkyl halides is 2. The Morgan fingerprint density at radius 1 is 1.36 bits per heavy atom. The molecule has 4 rings (SSSR count). The van der Waals surface area contributed by atoms with Crippen molar-refractivity contribution in [3.8, 4) is 5.75 Å². The van der Waals surface area contributed by atoms with Crippen LogP contribution < -0.4 is 15.6 Å². The molecule has 2 N–H and O–H groups in total. The molecule has 0 saturated carbocycles. The van der Waals surface area contributed by atoms with E-state index in [0.29, 0.717) is 23.0 Å². The predicted octanol–water partition coefficient (Wildman–Crippen LogP) is 2.79. The summed E-state index contributed by atoms with van der Waals surface area (Å²) < 4.78 is 39.7. The first-order valence-electron chi connectivity index (χ1n) is 10.4. The molecule has 1 saturated heterocycles. The summed E-state index contributed by atoms with van der Waals surface area (Å²) in [6, 6.07) is 5.20. The number of H-pyrrole nitrogens is 1. The Labute approximate surface area is 187 Å². The lowest BCUT2D eigenvalue weighted by Gasteiger charge is -2.40. The van der Waals surface area contributed by atoms with E-state index in [4.69, 9.17) is 9.15 Å². The second-order valence-corrected chi connectivity index (χ2v) is 7.80. The molecule has 1 aliphatic heterocycles. The Morgan fingerprint density at radius 2 is 2.21 bits per heavy atom. The number of rotatable bonds is 7. The van der Waals surface area contributed by atoms with Gasteiger partial charge in [0.2, 0.25) is 17.4 Å². The van der Waals surface area contributed by atoms with Crippen LogP contribution in [-0.4, -0.2) is 50.8 Å². The average Bonchev–Trinajstić information content (AvgIpc) is 3.32. The molecule has 1 aliphatic rings. The van der Waals surface area contributed by atoms with Gasteiger partial charge in [-0.05, 0) is 24.6 Å². The van der Waals surface area contributed by atoms with E-state index in [2.05, 4.69) is 20.3 Å².